The molecule has 0 aliphatic carbocycles. The Hall–Kier alpha value is -2.16. The molecule has 0 N–H and O–H groups in total. The maximum atomic E-state index is 10.4. The quantitative estimate of drug-likeness (QED) is 0.503. The Labute approximate surface area is 157 Å². The van der Waals surface area contributed by atoms with Crippen LogP contribution in [0.4, 0.5) is 0 Å². The summed E-state index contributed by atoms with van der Waals surface area (Å²) in [5, 5.41) is 1.26. The molecule has 0 saturated heterocycles. The number of benzene rings is 2. The third kappa shape index (κ3) is 4.51. The highest BCUT2D eigenvalue weighted by Crippen LogP contribution is 2.33. The van der Waals surface area contributed by atoms with Crippen LogP contribution < -0.4 is 14.0 Å². The summed E-state index contributed by atoms with van der Waals surface area (Å²) in [5.74, 6) is 1.56. The van der Waals surface area contributed by atoms with Crippen LogP contribution in [0.3, 0.4) is 0 Å². The van der Waals surface area contributed by atoms with Crippen molar-refractivity contribution in [2.75, 3.05) is 14.2 Å². The number of fused-ring (bicyclic) bond motifs is 1. The zero-order valence-electron chi connectivity index (χ0n) is 15.3. The standard InChI is InChI=1S/C11H14NO2S.C7H8O3S/c1-7-12(2)8-5-9(13-3)10(14-4)6-11(8)15-7;1-6-2-4-7(5-3-6)11(8,9)10/h5-6H,1-4H3;2-5H,1H3,(H,8,9,10)/q+1;/p-1. The van der Waals surface area contributed by atoms with Gasteiger partial charge in [0.2, 0.25) is 10.5 Å². The van der Waals surface area contributed by atoms with Crippen LogP contribution in [0, 0.1) is 13.8 Å². The largest absolute Gasteiger partial charge is 0.744 e. The van der Waals surface area contributed by atoms with Gasteiger partial charge in [-0.1, -0.05) is 29.0 Å². The van der Waals surface area contributed by atoms with E-state index in [1.54, 1.807) is 37.7 Å². The molecule has 1 aromatic heterocycles. The first-order valence-electron chi connectivity index (χ1n) is 7.71. The first kappa shape index (κ1) is 20.2. The minimum atomic E-state index is -4.27. The van der Waals surface area contributed by atoms with Crippen LogP contribution in [0.25, 0.3) is 10.2 Å². The molecule has 1 heterocycles. The lowest BCUT2D eigenvalue weighted by atomic mass is 10.2. The third-order valence-corrected chi connectivity index (χ3v) is 5.83. The van der Waals surface area contributed by atoms with Crippen LogP contribution >= 0.6 is 11.3 Å². The summed E-state index contributed by atoms with van der Waals surface area (Å²) in [7, 11) is 1.10. The molecule has 0 aliphatic heterocycles. The van der Waals surface area contributed by atoms with Gasteiger partial charge in [-0.15, -0.1) is 0 Å². The monoisotopic (exact) mass is 395 g/mol. The van der Waals surface area contributed by atoms with Gasteiger partial charge in [0.25, 0.3) is 0 Å². The summed E-state index contributed by atoms with van der Waals surface area (Å²) >= 11 is 1.75. The Kier molecular flexibility index (Phi) is 6.22. The number of thiazole rings is 1. The molecule has 26 heavy (non-hydrogen) atoms. The second-order valence-corrected chi connectivity index (χ2v) is 8.24. The smallest absolute Gasteiger partial charge is 0.234 e. The van der Waals surface area contributed by atoms with Gasteiger partial charge in [0.1, 0.15) is 21.9 Å². The van der Waals surface area contributed by atoms with Crippen LogP contribution in [0.15, 0.2) is 41.3 Å². The summed E-state index contributed by atoms with van der Waals surface area (Å²) in [6, 6.07) is 9.81. The van der Waals surface area contributed by atoms with E-state index in [2.05, 4.69) is 18.5 Å². The number of hydrogen-bond donors (Lipinski definition) is 0. The zero-order chi connectivity index (χ0) is 19.5. The molecule has 6 nitrogen and oxygen atoms in total. The van der Waals surface area contributed by atoms with Crippen molar-refractivity contribution in [3.05, 3.63) is 47.0 Å². The number of aromatic nitrogens is 1. The number of nitrogens with zero attached hydrogens (tertiary/aromatic N) is 1. The van der Waals surface area contributed by atoms with Gasteiger partial charge in [0.15, 0.2) is 11.5 Å². The fraction of sp³-hybridized carbons (Fsp3) is 0.278. The topological polar surface area (TPSA) is 79.5 Å². The van der Waals surface area contributed by atoms with Gasteiger partial charge >= 0.3 is 0 Å². The molecule has 0 aliphatic rings. The third-order valence-electron chi connectivity index (χ3n) is 3.87. The van der Waals surface area contributed by atoms with E-state index in [0.717, 1.165) is 17.1 Å². The number of hydrogen-bond acceptors (Lipinski definition) is 6. The summed E-state index contributed by atoms with van der Waals surface area (Å²) in [4.78, 5) is -0.178. The van der Waals surface area contributed by atoms with Crippen molar-refractivity contribution in [3.63, 3.8) is 0 Å². The predicted molar refractivity (Wildman–Crippen MR) is 100.0 cm³/mol. The van der Waals surface area contributed by atoms with Crippen molar-refractivity contribution in [1.29, 1.82) is 0 Å². The molecular weight excluding hydrogens is 374 g/mol. The second kappa shape index (κ2) is 8.03. The highest BCUT2D eigenvalue weighted by molar-refractivity contribution is 7.85. The fourth-order valence-electron chi connectivity index (χ4n) is 2.30. The fourth-order valence-corrected chi connectivity index (χ4v) is 3.78. The molecular formula is C18H21NO5S2. The van der Waals surface area contributed by atoms with E-state index >= 15 is 0 Å². The molecule has 0 fully saturated rings. The van der Waals surface area contributed by atoms with E-state index in [9.17, 15) is 13.0 Å². The Bertz CT molecular complexity index is 1010. The minimum absolute atomic E-state index is 0.178. The van der Waals surface area contributed by atoms with E-state index in [1.165, 1.54) is 27.4 Å². The molecule has 0 unspecified atom stereocenters. The maximum Gasteiger partial charge on any atom is 0.234 e. The van der Waals surface area contributed by atoms with Gasteiger partial charge in [-0.3, -0.25) is 0 Å². The highest BCUT2D eigenvalue weighted by Gasteiger charge is 2.17. The average Bonchev–Trinajstić information content (AvgIpc) is 2.87. The molecule has 0 spiro atoms. The lowest BCUT2D eigenvalue weighted by molar-refractivity contribution is -0.646. The van der Waals surface area contributed by atoms with Gasteiger partial charge in [0, 0.05) is 13.0 Å². The molecule has 3 aromatic rings. The van der Waals surface area contributed by atoms with Crippen molar-refractivity contribution in [2.24, 2.45) is 7.05 Å². The van der Waals surface area contributed by atoms with E-state index in [1.807, 2.05) is 19.1 Å². The van der Waals surface area contributed by atoms with Gasteiger partial charge in [0.05, 0.1) is 25.2 Å². The normalized spacial score (nSPS) is 11.0. The molecule has 0 atom stereocenters. The Morgan fingerprint density at radius 2 is 1.54 bits per heavy atom. The second-order valence-electron chi connectivity index (χ2n) is 5.62. The number of rotatable bonds is 3. The van der Waals surface area contributed by atoms with Gasteiger partial charge < -0.3 is 14.0 Å². The summed E-state index contributed by atoms with van der Waals surface area (Å²) in [5.41, 5.74) is 2.10. The Morgan fingerprint density at radius 1 is 1.00 bits per heavy atom. The Morgan fingerprint density at radius 3 is 2.04 bits per heavy atom. The average molecular weight is 396 g/mol. The van der Waals surface area contributed by atoms with E-state index < -0.39 is 10.1 Å². The molecule has 0 bridgehead atoms. The Balaban J connectivity index is 0.000000197. The van der Waals surface area contributed by atoms with Crippen molar-refractivity contribution >= 4 is 31.7 Å². The zero-order valence-corrected chi connectivity index (χ0v) is 16.9. The molecule has 3 rings (SSSR count). The lowest BCUT2D eigenvalue weighted by Gasteiger charge is -2.05. The van der Waals surface area contributed by atoms with Crippen LogP contribution in [-0.2, 0) is 17.2 Å². The van der Waals surface area contributed by atoms with Gasteiger partial charge in [-0.2, -0.15) is 4.57 Å². The first-order valence-corrected chi connectivity index (χ1v) is 9.93. The van der Waals surface area contributed by atoms with E-state index in [4.69, 9.17) is 9.47 Å². The molecule has 0 radical (unpaired) electrons. The van der Waals surface area contributed by atoms with Crippen LogP contribution in [0.5, 0.6) is 11.5 Å². The van der Waals surface area contributed by atoms with Crippen LogP contribution in [0.1, 0.15) is 10.6 Å². The van der Waals surface area contributed by atoms with Crippen LogP contribution in [0.2, 0.25) is 0 Å². The number of methoxy groups -OCH3 is 2. The summed E-state index contributed by atoms with van der Waals surface area (Å²) in [6.45, 7) is 3.92. The van der Waals surface area contributed by atoms with Gasteiger partial charge in [-0.05, 0) is 19.1 Å². The summed E-state index contributed by atoms with van der Waals surface area (Å²) < 4.78 is 45.1. The molecule has 0 saturated carbocycles. The SMILES string of the molecule is COc1cc2sc(C)[n+](C)c2cc1OC.Cc1ccc(S(=O)(=O)[O-])cc1. The maximum absolute atomic E-state index is 10.4. The van der Waals surface area contributed by atoms with E-state index in [0.29, 0.717) is 0 Å². The molecule has 8 heteroatoms. The van der Waals surface area contributed by atoms with Crippen molar-refractivity contribution in [2.45, 2.75) is 18.7 Å². The number of ether oxygens (including phenoxy) is 2. The number of aryl methyl sites for hydroxylation is 3. The summed E-state index contributed by atoms with van der Waals surface area (Å²) in [6.07, 6.45) is 0. The minimum Gasteiger partial charge on any atom is -0.744 e. The van der Waals surface area contributed by atoms with Crippen molar-refractivity contribution in [1.82, 2.24) is 0 Å². The lowest BCUT2D eigenvalue weighted by Crippen LogP contribution is -2.28. The highest BCUT2D eigenvalue weighted by atomic mass is 32.2. The predicted octanol–water partition coefficient (Wildman–Crippen LogP) is 2.95. The van der Waals surface area contributed by atoms with Crippen molar-refractivity contribution < 1.29 is 27.0 Å². The van der Waals surface area contributed by atoms with Gasteiger partial charge in [-0.25, -0.2) is 8.42 Å². The first-order chi connectivity index (χ1) is 12.2. The molecule has 0 amide bonds. The van der Waals surface area contributed by atoms with E-state index in [-0.39, 0.29) is 4.90 Å². The van der Waals surface area contributed by atoms with Crippen molar-refractivity contribution in [3.8, 4) is 11.5 Å². The molecule has 2 aromatic carbocycles. The van der Waals surface area contributed by atoms with Crippen LogP contribution in [-0.4, -0.2) is 27.2 Å². The molecule has 140 valence electrons.